The second kappa shape index (κ2) is 8.75. The minimum absolute atomic E-state index is 0.882. The van der Waals surface area contributed by atoms with Gasteiger partial charge < -0.3 is 19.9 Å². The van der Waals surface area contributed by atoms with Gasteiger partial charge in [0.1, 0.15) is 43.2 Å². The normalized spacial score (nSPS) is 19.9. The lowest BCUT2D eigenvalue weighted by Crippen LogP contribution is -3.14. The summed E-state index contributed by atoms with van der Waals surface area (Å²) in [7, 11) is 0. The summed E-state index contributed by atoms with van der Waals surface area (Å²) < 4.78 is 5.46. The zero-order valence-corrected chi connectivity index (χ0v) is 17.6. The number of hydrogen-bond donors (Lipinski definition) is 3. The van der Waals surface area contributed by atoms with Crippen LogP contribution in [0.3, 0.4) is 0 Å². The molecule has 1 unspecified atom stereocenters. The molecule has 0 spiro atoms. The summed E-state index contributed by atoms with van der Waals surface area (Å²) in [5, 5.41) is 4.88. The van der Waals surface area contributed by atoms with Crippen LogP contribution < -0.4 is 15.1 Å². The van der Waals surface area contributed by atoms with Gasteiger partial charge in [-0.1, -0.05) is 30.3 Å². The van der Waals surface area contributed by atoms with E-state index in [1.807, 2.05) is 11.3 Å². The standard InChI is InChI=1S/C22H27N5OS/c1-2-4-17(5-3-1)14-27-8-6-18-19(15-27)29-22-20(18)21(24-16-25-22)23-7-9-26-10-12-28-13-11-26/h1-5,16H,6-15H2,(H,23,24,25)/p+2. The third-order valence-electron chi connectivity index (χ3n) is 6.08. The Morgan fingerprint density at radius 3 is 2.76 bits per heavy atom. The van der Waals surface area contributed by atoms with E-state index in [1.165, 1.54) is 27.9 Å². The smallest absolute Gasteiger partial charge is 0.138 e. The van der Waals surface area contributed by atoms with E-state index in [-0.39, 0.29) is 0 Å². The number of hydrogen-bond acceptors (Lipinski definition) is 5. The highest BCUT2D eigenvalue weighted by Crippen LogP contribution is 2.34. The van der Waals surface area contributed by atoms with Crippen LogP contribution in [0.1, 0.15) is 16.0 Å². The molecule has 2 aromatic heterocycles. The van der Waals surface area contributed by atoms with Gasteiger partial charge in [-0.15, -0.1) is 11.3 Å². The summed E-state index contributed by atoms with van der Waals surface area (Å²) in [6.07, 6.45) is 2.82. The molecule has 7 heteroatoms. The lowest BCUT2D eigenvalue weighted by Gasteiger charge is -2.24. The number of quaternary nitrogens is 2. The van der Waals surface area contributed by atoms with Crippen molar-refractivity contribution in [2.75, 3.05) is 51.3 Å². The number of aromatic nitrogens is 2. The first kappa shape index (κ1) is 18.9. The van der Waals surface area contributed by atoms with Crippen molar-refractivity contribution >= 4 is 27.4 Å². The molecular formula is C22H29N5OS+2. The van der Waals surface area contributed by atoms with Gasteiger partial charge in [0, 0.05) is 12.0 Å². The Balaban J connectivity index is 1.29. The molecule has 1 saturated heterocycles. The number of thiophene rings is 1. The average molecular weight is 412 g/mol. The van der Waals surface area contributed by atoms with Gasteiger partial charge in [-0.3, -0.25) is 0 Å². The summed E-state index contributed by atoms with van der Waals surface area (Å²) in [6.45, 7) is 9.37. The second-order valence-corrected chi connectivity index (χ2v) is 9.12. The number of anilines is 1. The van der Waals surface area contributed by atoms with E-state index in [4.69, 9.17) is 4.74 Å². The Morgan fingerprint density at radius 2 is 1.90 bits per heavy atom. The molecule has 2 aliphatic rings. The van der Waals surface area contributed by atoms with Crippen molar-refractivity contribution in [2.45, 2.75) is 19.5 Å². The molecule has 0 amide bonds. The third kappa shape index (κ3) is 4.28. The molecule has 0 saturated carbocycles. The molecule has 6 nitrogen and oxygen atoms in total. The van der Waals surface area contributed by atoms with E-state index in [0.717, 1.165) is 69.6 Å². The fourth-order valence-corrected chi connectivity index (χ4v) is 5.76. The van der Waals surface area contributed by atoms with E-state index in [0.29, 0.717) is 0 Å². The van der Waals surface area contributed by atoms with Crippen LogP contribution in [0.4, 0.5) is 5.82 Å². The van der Waals surface area contributed by atoms with Gasteiger partial charge in [-0.05, 0) is 5.56 Å². The molecule has 1 atom stereocenters. The third-order valence-corrected chi connectivity index (χ3v) is 7.22. The Bertz CT molecular complexity index is 954. The van der Waals surface area contributed by atoms with E-state index in [1.54, 1.807) is 16.1 Å². The fourth-order valence-electron chi connectivity index (χ4n) is 4.50. The highest BCUT2D eigenvalue weighted by molar-refractivity contribution is 7.18. The predicted octanol–water partition coefficient (Wildman–Crippen LogP) is 0.160. The molecule has 29 heavy (non-hydrogen) atoms. The van der Waals surface area contributed by atoms with Crippen molar-refractivity contribution in [1.29, 1.82) is 0 Å². The van der Waals surface area contributed by atoms with E-state index in [9.17, 15) is 0 Å². The zero-order valence-electron chi connectivity index (χ0n) is 16.7. The molecule has 152 valence electrons. The lowest BCUT2D eigenvalue weighted by atomic mass is 10.0. The number of fused-ring (bicyclic) bond motifs is 3. The number of benzene rings is 1. The van der Waals surface area contributed by atoms with Gasteiger partial charge in [-0.2, -0.15) is 0 Å². The molecule has 0 radical (unpaired) electrons. The highest BCUT2D eigenvalue weighted by Gasteiger charge is 2.26. The molecule has 0 bridgehead atoms. The van der Waals surface area contributed by atoms with Crippen LogP contribution in [-0.4, -0.2) is 55.9 Å². The highest BCUT2D eigenvalue weighted by atomic mass is 32.1. The van der Waals surface area contributed by atoms with Crippen LogP contribution >= 0.6 is 11.3 Å². The van der Waals surface area contributed by atoms with Gasteiger partial charge in [0.05, 0.1) is 43.1 Å². The topological polar surface area (TPSA) is 55.9 Å². The molecule has 3 N–H and O–H groups in total. The van der Waals surface area contributed by atoms with Crippen molar-refractivity contribution in [1.82, 2.24) is 9.97 Å². The van der Waals surface area contributed by atoms with Gasteiger partial charge >= 0.3 is 0 Å². The molecular weight excluding hydrogens is 382 g/mol. The molecule has 1 fully saturated rings. The van der Waals surface area contributed by atoms with Crippen LogP contribution in [0.15, 0.2) is 36.7 Å². The van der Waals surface area contributed by atoms with Crippen LogP contribution in [0, 0.1) is 0 Å². The molecule has 0 aliphatic carbocycles. The number of nitrogens with one attached hydrogen (secondary N) is 3. The van der Waals surface area contributed by atoms with Gasteiger partial charge in [0.2, 0.25) is 0 Å². The van der Waals surface area contributed by atoms with Crippen molar-refractivity contribution in [3.8, 4) is 0 Å². The Kier molecular flexibility index (Phi) is 5.71. The quantitative estimate of drug-likeness (QED) is 0.541. The lowest BCUT2D eigenvalue weighted by molar-refractivity contribution is -0.929. The minimum atomic E-state index is 0.882. The Morgan fingerprint density at radius 1 is 1.03 bits per heavy atom. The summed E-state index contributed by atoms with van der Waals surface area (Å²) in [6, 6.07) is 10.8. The molecule has 5 rings (SSSR count). The minimum Gasteiger partial charge on any atom is -0.370 e. The summed E-state index contributed by atoms with van der Waals surface area (Å²) in [4.78, 5) is 15.1. The van der Waals surface area contributed by atoms with Crippen molar-refractivity contribution in [2.24, 2.45) is 0 Å². The zero-order chi connectivity index (χ0) is 19.5. The first-order valence-corrected chi connectivity index (χ1v) is 11.5. The van der Waals surface area contributed by atoms with E-state index < -0.39 is 0 Å². The SMILES string of the molecule is c1ccc(C[NH+]2CCc3c(sc4ncnc(NCC[NH+]5CCOCC5)c34)C2)cc1. The first-order valence-electron chi connectivity index (χ1n) is 10.6. The average Bonchev–Trinajstić information content (AvgIpc) is 3.14. The molecule has 4 heterocycles. The van der Waals surface area contributed by atoms with Gasteiger partial charge in [0.15, 0.2) is 0 Å². The predicted molar refractivity (Wildman–Crippen MR) is 116 cm³/mol. The fraction of sp³-hybridized carbons (Fsp3) is 0.455. The summed E-state index contributed by atoms with van der Waals surface area (Å²) in [5.74, 6) is 1.02. The maximum absolute atomic E-state index is 5.46. The Hall–Kier alpha value is -2.06. The van der Waals surface area contributed by atoms with Crippen LogP contribution in [0.5, 0.6) is 0 Å². The summed E-state index contributed by atoms with van der Waals surface area (Å²) >= 11 is 1.86. The number of rotatable bonds is 6. The largest absolute Gasteiger partial charge is 0.370 e. The molecule has 1 aromatic carbocycles. The van der Waals surface area contributed by atoms with E-state index in [2.05, 4.69) is 45.6 Å². The number of morpholine rings is 1. The van der Waals surface area contributed by atoms with Crippen molar-refractivity contribution in [3.63, 3.8) is 0 Å². The monoisotopic (exact) mass is 411 g/mol. The van der Waals surface area contributed by atoms with Gasteiger partial charge in [0.25, 0.3) is 0 Å². The maximum Gasteiger partial charge on any atom is 0.138 e. The number of ether oxygens (including phenoxy) is 1. The van der Waals surface area contributed by atoms with Crippen molar-refractivity contribution < 1.29 is 14.5 Å². The Labute approximate surface area is 175 Å². The van der Waals surface area contributed by atoms with Gasteiger partial charge in [-0.25, -0.2) is 9.97 Å². The molecule has 3 aromatic rings. The van der Waals surface area contributed by atoms with Crippen molar-refractivity contribution in [3.05, 3.63) is 52.7 Å². The number of nitrogens with zero attached hydrogens (tertiary/aromatic N) is 2. The molecule has 2 aliphatic heterocycles. The van der Waals surface area contributed by atoms with E-state index >= 15 is 0 Å². The maximum atomic E-state index is 5.46. The van der Waals surface area contributed by atoms with Crippen LogP contribution in [-0.2, 0) is 24.2 Å². The second-order valence-electron chi connectivity index (χ2n) is 8.03. The first-order chi connectivity index (χ1) is 14.4. The van der Waals surface area contributed by atoms with Crippen LogP contribution in [0.25, 0.3) is 10.2 Å². The summed E-state index contributed by atoms with van der Waals surface area (Å²) in [5.41, 5.74) is 2.89. The van der Waals surface area contributed by atoms with Crippen LogP contribution in [0.2, 0.25) is 0 Å².